The lowest BCUT2D eigenvalue weighted by Crippen LogP contribution is -2.00. The van der Waals surface area contributed by atoms with Crippen LogP contribution < -0.4 is 9.47 Å². The summed E-state index contributed by atoms with van der Waals surface area (Å²) >= 11 is 0. The fraction of sp³-hybridized carbons (Fsp3) is 0.0526. The van der Waals surface area contributed by atoms with Gasteiger partial charge in [0.25, 0.3) is 0 Å². The zero-order valence-electron chi connectivity index (χ0n) is 12.3. The number of fused-ring (bicyclic) bond motifs is 1. The van der Waals surface area contributed by atoms with E-state index in [0.717, 1.165) is 0 Å². The lowest BCUT2D eigenvalue weighted by Gasteiger charge is -2.06. The van der Waals surface area contributed by atoms with E-state index in [1.807, 2.05) is 0 Å². The molecule has 1 aliphatic rings. The number of methoxy groups -OCH3 is 1. The lowest BCUT2D eigenvalue weighted by atomic mass is 10.1. The van der Waals surface area contributed by atoms with Gasteiger partial charge in [-0.1, -0.05) is 36.8 Å². The molecule has 0 fully saturated rings. The molecule has 0 unspecified atom stereocenters. The molecule has 0 atom stereocenters. The summed E-state index contributed by atoms with van der Waals surface area (Å²) in [5, 5.41) is 0. The van der Waals surface area contributed by atoms with Crippen LogP contribution in [0.2, 0.25) is 0 Å². The molecule has 3 rings (SSSR count). The first-order valence-electron chi connectivity index (χ1n) is 6.86. The summed E-state index contributed by atoms with van der Waals surface area (Å²) in [7, 11) is 1.48. The van der Waals surface area contributed by atoms with Gasteiger partial charge in [0.2, 0.25) is 0 Å². The molecule has 0 radical (unpaired) electrons. The summed E-state index contributed by atoms with van der Waals surface area (Å²) in [5.74, 6) is 0.277. The van der Waals surface area contributed by atoms with Gasteiger partial charge in [-0.3, -0.25) is 9.59 Å². The number of terminal acetylenes is 1. The fourth-order valence-electron chi connectivity index (χ4n) is 2.49. The van der Waals surface area contributed by atoms with E-state index < -0.39 is 0 Å². The molecular formula is C19H12O4. The molecule has 0 N–H and O–H groups in total. The number of benzene rings is 2. The molecule has 0 aromatic heterocycles. The second-order valence-electron chi connectivity index (χ2n) is 4.89. The van der Waals surface area contributed by atoms with E-state index >= 15 is 0 Å². The smallest absolute Gasteiger partial charge is 0.197 e. The highest BCUT2D eigenvalue weighted by molar-refractivity contribution is 6.41. The first-order valence-corrected chi connectivity index (χ1v) is 6.86. The number of carbonyl (C=O) groups is 2. The minimum atomic E-state index is -0.270. The molecule has 0 heterocycles. The first kappa shape index (κ1) is 14.6. The van der Waals surface area contributed by atoms with E-state index in [-0.39, 0.29) is 17.1 Å². The van der Waals surface area contributed by atoms with Crippen molar-refractivity contribution in [3.8, 4) is 24.0 Å². The van der Waals surface area contributed by atoms with Crippen LogP contribution in [0.1, 0.15) is 26.3 Å². The van der Waals surface area contributed by atoms with Gasteiger partial charge in [-0.05, 0) is 23.8 Å². The van der Waals surface area contributed by atoms with Crippen molar-refractivity contribution < 1.29 is 19.1 Å². The highest BCUT2D eigenvalue weighted by atomic mass is 16.5. The maximum absolute atomic E-state index is 12.4. The van der Waals surface area contributed by atoms with Crippen molar-refractivity contribution in [3.63, 3.8) is 0 Å². The number of rotatable bonds is 3. The Hall–Kier alpha value is -3.32. The first-order chi connectivity index (χ1) is 11.2. The highest BCUT2D eigenvalue weighted by Crippen LogP contribution is 2.31. The lowest BCUT2D eigenvalue weighted by molar-refractivity contribution is 0.0990. The Morgan fingerprint density at radius 3 is 2.22 bits per heavy atom. The van der Waals surface area contributed by atoms with Crippen LogP contribution in [0.25, 0.3) is 6.08 Å². The summed E-state index contributed by atoms with van der Waals surface area (Å²) in [6, 6.07) is 11.8. The highest BCUT2D eigenvalue weighted by Gasteiger charge is 2.32. The molecule has 23 heavy (non-hydrogen) atoms. The average molecular weight is 304 g/mol. The molecule has 0 bridgehead atoms. The molecular weight excluding hydrogens is 292 g/mol. The van der Waals surface area contributed by atoms with Crippen LogP contribution >= 0.6 is 0 Å². The van der Waals surface area contributed by atoms with Gasteiger partial charge in [0.05, 0.1) is 12.7 Å². The number of ether oxygens (including phenoxy) is 2. The van der Waals surface area contributed by atoms with Crippen molar-refractivity contribution in [2.24, 2.45) is 0 Å². The molecule has 2 aromatic carbocycles. The van der Waals surface area contributed by atoms with Crippen LogP contribution in [0.15, 0.2) is 48.0 Å². The van der Waals surface area contributed by atoms with Crippen LogP contribution in [-0.2, 0) is 0 Å². The summed E-state index contributed by atoms with van der Waals surface area (Å²) in [4.78, 5) is 24.7. The average Bonchev–Trinajstić information content (AvgIpc) is 2.82. The summed E-state index contributed by atoms with van der Waals surface area (Å²) < 4.78 is 10.2. The molecule has 0 saturated heterocycles. The number of hydrogen-bond donors (Lipinski definition) is 0. The van der Waals surface area contributed by atoms with Gasteiger partial charge in [-0.25, -0.2) is 0 Å². The Labute approximate surface area is 133 Å². The number of hydrogen-bond acceptors (Lipinski definition) is 4. The van der Waals surface area contributed by atoms with Crippen molar-refractivity contribution in [2.75, 3.05) is 7.11 Å². The number of allylic oxidation sites excluding steroid dienone is 1. The van der Waals surface area contributed by atoms with Gasteiger partial charge in [0, 0.05) is 11.1 Å². The molecule has 0 saturated carbocycles. The largest absolute Gasteiger partial charge is 0.493 e. The van der Waals surface area contributed by atoms with E-state index in [1.165, 1.54) is 7.11 Å². The molecule has 0 spiro atoms. The zero-order chi connectivity index (χ0) is 16.4. The second kappa shape index (κ2) is 5.82. The second-order valence-corrected chi connectivity index (χ2v) is 4.89. The van der Waals surface area contributed by atoms with E-state index in [0.29, 0.717) is 28.2 Å². The van der Waals surface area contributed by atoms with Gasteiger partial charge in [-0.2, -0.15) is 0 Å². The Morgan fingerprint density at radius 1 is 1.00 bits per heavy atom. The van der Waals surface area contributed by atoms with E-state index in [4.69, 9.17) is 15.9 Å². The Bertz CT molecular complexity index is 847. The van der Waals surface area contributed by atoms with E-state index in [9.17, 15) is 9.59 Å². The van der Waals surface area contributed by atoms with Crippen LogP contribution in [0.5, 0.6) is 11.5 Å². The Morgan fingerprint density at radius 2 is 1.65 bits per heavy atom. The third-order valence-corrected chi connectivity index (χ3v) is 3.57. The maximum Gasteiger partial charge on any atom is 0.197 e. The number of Topliss-reactive ketones (excluding diaryl/α,β-unsaturated/α-hetero) is 2. The SMILES string of the molecule is C#COc1ccc(C=C2C(=O)c3ccccc3C2=O)cc1OC. The van der Waals surface area contributed by atoms with Gasteiger partial charge < -0.3 is 9.47 Å². The molecule has 1 aliphatic carbocycles. The van der Waals surface area contributed by atoms with Crippen molar-refractivity contribution >= 4 is 17.6 Å². The Balaban J connectivity index is 2.02. The van der Waals surface area contributed by atoms with Gasteiger partial charge in [0.15, 0.2) is 23.1 Å². The third kappa shape index (κ3) is 2.49. The molecule has 4 heteroatoms. The van der Waals surface area contributed by atoms with Crippen LogP contribution in [-0.4, -0.2) is 18.7 Å². The molecule has 0 amide bonds. The van der Waals surface area contributed by atoms with E-state index in [1.54, 1.807) is 48.5 Å². The normalized spacial score (nSPS) is 12.6. The van der Waals surface area contributed by atoms with Crippen LogP contribution in [0, 0.1) is 12.5 Å². The van der Waals surface area contributed by atoms with Crippen molar-refractivity contribution in [1.82, 2.24) is 0 Å². The fourth-order valence-corrected chi connectivity index (χ4v) is 2.49. The van der Waals surface area contributed by atoms with Gasteiger partial charge >= 0.3 is 0 Å². The van der Waals surface area contributed by atoms with E-state index in [2.05, 4.69) is 6.11 Å². The quantitative estimate of drug-likeness (QED) is 0.496. The van der Waals surface area contributed by atoms with Crippen molar-refractivity contribution in [3.05, 3.63) is 64.7 Å². The predicted molar refractivity (Wildman–Crippen MR) is 85.5 cm³/mol. The number of carbonyl (C=O) groups excluding carboxylic acids is 2. The standard InChI is InChI=1S/C19H12O4/c1-3-23-16-9-8-12(11-17(16)22-2)10-15-18(20)13-6-4-5-7-14(13)19(15)21/h1,4-11H,2H3. The minimum Gasteiger partial charge on any atom is -0.493 e. The minimum absolute atomic E-state index is 0.138. The third-order valence-electron chi connectivity index (χ3n) is 3.57. The monoisotopic (exact) mass is 304 g/mol. The zero-order valence-corrected chi connectivity index (χ0v) is 12.3. The molecule has 4 nitrogen and oxygen atoms in total. The topological polar surface area (TPSA) is 52.6 Å². The molecule has 112 valence electrons. The van der Waals surface area contributed by atoms with Crippen LogP contribution in [0.4, 0.5) is 0 Å². The van der Waals surface area contributed by atoms with Crippen molar-refractivity contribution in [2.45, 2.75) is 0 Å². The maximum atomic E-state index is 12.4. The van der Waals surface area contributed by atoms with Gasteiger partial charge in [0.1, 0.15) is 6.11 Å². The summed E-state index contributed by atoms with van der Waals surface area (Å²) in [6.45, 7) is 0. The summed E-state index contributed by atoms with van der Waals surface area (Å²) in [5.41, 5.74) is 1.65. The predicted octanol–water partition coefficient (Wildman–Crippen LogP) is 3.13. The number of ketones is 2. The molecule has 2 aromatic rings. The van der Waals surface area contributed by atoms with Crippen molar-refractivity contribution in [1.29, 1.82) is 0 Å². The molecule has 0 aliphatic heterocycles. The summed E-state index contributed by atoms with van der Waals surface area (Å²) in [6.07, 6.45) is 8.73. The Kier molecular flexibility index (Phi) is 3.70. The van der Waals surface area contributed by atoms with Crippen LogP contribution in [0.3, 0.4) is 0 Å². The van der Waals surface area contributed by atoms with Gasteiger partial charge in [-0.15, -0.1) is 0 Å².